The standard InChI is InChI=1S/C14H23N3/c1-14(2,9-15)12-11-5-3-4-8-17(11)13(16-12)10-6-7-10/h10H,3-9,15H2,1-2H3. The highest BCUT2D eigenvalue weighted by Gasteiger charge is 2.35. The summed E-state index contributed by atoms with van der Waals surface area (Å²) in [6, 6.07) is 0. The molecular weight excluding hydrogens is 210 g/mol. The molecule has 0 bridgehead atoms. The Bertz CT molecular complexity index is 427. The Morgan fingerprint density at radius 2 is 2.12 bits per heavy atom. The number of fused-ring (bicyclic) bond motifs is 1. The number of hydrogen-bond acceptors (Lipinski definition) is 2. The highest BCUT2D eigenvalue weighted by Crippen LogP contribution is 2.42. The summed E-state index contributed by atoms with van der Waals surface area (Å²) in [7, 11) is 0. The van der Waals surface area contributed by atoms with Gasteiger partial charge in [0.2, 0.25) is 0 Å². The molecule has 0 unspecified atom stereocenters. The molecule has 1 aromatic heterocycles. The summed E-state index contributed by atoms with van der Waals surface area (Å²) >= 11 is 0. The second-order valence-corrected chi connectivity index (χ2v) is 6.24. The summed E-state index contributed by atoms with van der Waals surface area (Å²) in [6.45, 7) is 6.30. The van der Waals surface area contributed by atoms with Gasteiger partial charge in [-0.1, -0.05) is 13.8 Å². The summed E-state index contributed by atoms with van der Waals surface area (Å²) < 4.78 is 2.51. The van der Waals surface area contributed by atoms with Crippen molar-refractivity contribution in [2.24, 2.45) is 5.73 Å². The molecule has 1 aromatic rings. The van der Waals surface area contributed by atoms with Crippen LogP contribution < -0.4 is 5.73 Å². The average Bonchev–Trinajstić information content (AvgIpc) is 3.10. The number of rotatable bonds is 3. The van der Waals surface area contributed by atoms with Gasteiger partial charge in [-0.15, -0.1) is 0 Å². The van der Waals surface area contributed by atoms with Gasteiger partial charge in [0.15, 0.2) is 0 Å². The van der Waals surface area contributed by atoms with Crippen molar-refractivity contribution in [3.8, 4) is 0 Å². The van der Waals surface area contributed by atoms with Gasteiger partial charge in [0.25, 0.3) is 0 Å². The van der Waals surface area contributed by atoms with E-state index in [0.717, 1.165) is 5.92 Å². The molecule has 3 rings (SSSR count). The van der Waals surface area contributed by atoms with Gasteiger partial charge >= 0.3 is 0 Å². The van der Waals surface area contributed by atoms with Crippen LogP contribution in [0.3, 0.4) is 0 Å². The minimum absolute atomic E-state index is 0.0293. The highest BCUT2D eigenvalue weighted by atomic mass is 15.1. The van der Waals surface area contributed by atoms with Crippen LogP contribution in [0.4, 0.5) is 0 Å². The normalized spacial score (nSPS) is 20.4. The van der Waals surface area contributed by atoms with Crippen LogP contribution in [0.25, 0.3) is 0 Å². The van der Waals surface area contributed by atoms with E-state index < -0.39 is 0 Å². The second kappa shape index (κ2) is 3.84. The number of hydrogen-bond donors (Lipinski definition) is 1. The fourth-order valence-corrected chi connectivity index (χ4v) is 2.86. The fraction of sp³-hybridized carbons (Fsp3) is 0.786. The molecule has 17 heavy (non-hydrogen) atoms. The third-order valence-corrected chi connectivity index (χ3v) is 4.24. The largest absolute Gasteiger partial charge is 0.332 e. The Kier molecular flexibility index (Phi) is 2.54. The molecule has 0 aromatic carbocycles. The third-order valence-electron chi connectivity index (χ3n) is 4.24. The SMILES string of the molecule is CC(C)(CN)c1nc(C2CC2)n2c1CCCC2. The van der Waals surface area contributed by atoms with Crippen molar-refractivity contribution in [3.63, 3.8) is 0 Å². The van der Waals surface area contributed by atoms with E-state index in [4.69, 9.17) is 10.7 Å². The topological polar surface area (TPSA) is 43.8 Å². The number of nitrogens with zero attached hydrogens (tertiary/aromatic N) is 2. The first-order valence-electron chi connectivity index (χ1n) is 6.93. The van der Waals surface area contributed by atoms with Crippen LogP contribution in [0.5, 0.6) is 0 Å². The zero-order chi connectivity index (χ0) is 12.0. The summed E-state index contributed by atoms with van der Waals surface area (Å²) in [6.07, 6.45) is 6.48. The molecule has 94 valence electrons. The van der Waals surface area contributed by atoms with E-state index in [0.29, 0.717) is 6.54 Å². The zero-order valence-corrected chi connectivity index (χ0v) is 11.0. The Balaban J connectivity index is 2.09. The first-order chi connectivity index (χ1) is 8.13. The second-order valence-electron chi connectivity index (χ2n) is 6.24. The lowest BCUT2D eigenvalue weighted by atomic mass is 9.86. The number of imidazole rings is 1. The van der Waals surface area contributed by atoms with Gasteiger partial charge < -0.3 is 10.3 Å². The molecule has 2 heterocycles. The smallest absolute Gasteiger partial charge is 0.112 e. The van der Waals surface area contributed by atoms with Gasteiger partial charge in [-0.2, -0.15) is 0 Å². The summed E-state index contributed by atoms with van der Waals surface area (Å²) in [5.74, 6) is 2.10. The molecule has 0 amide bonds. The first kappa shape index (κ1) is 11.3. The van der Waals surface area contributed by atoms with Crippen LogP contribution in [0.1, 0.15) is 62.7 Å². The predicted octanol–water partition coefficient (Wildman–Crippen LogP) is 2.33. The minimum Gasteiger partial charge on any atom is -0.332 e. The molecule has 0 radical (unpaired) electrons. The van der Waals surface area contributed by atoms with E-state index in [-0.39, 0.29) is 5.41 Å². The molecule has 1 fully saturated rings. The number of nitrogens with two attached hydrogens (primary N) is 1. The maximum absolute atomic E-state index is 5.92. The zero-order valence-electron chi connectivity index (χ0n) is 11.0. The molecular formula is C14H23N3. The molecule has 1 aliphatic heterocycles. The molecule has 1 saturated carbocycles. The molecule has 1 aliphatic carbocycles. The predicted molar refractivity (Wildman–Crippen MR) is 69.2 cm³/mol. The van der Waals surface area contributed by atoms with Crippen LogP contribution in [0, 0.1) is 0 Å². The van der Waals surface area contributed by atoms with Crippen molar-refractivity contribution < 1.29 is 0 Å². The van der Waals surface area contributed by atoms with Crippen LogP contribution in [-0.2, 0) is 18.4 Å². The molecule has 0 atom stereocenters. The van der Waals surface area contributed by atoms with Gasteiger partial charge in [-0.25, -0.2) is 4.98 Å². The van der Waals surface area contributed by atoms with Crippen molar-refractivity contribution >= 4 is 0 Å². The lowest BCUT2D eigenvalue weighted by molar-refractivity contribution is 0.486. The van der Waals surface area contributed by atoms with Crippen molar-refractivity contribution in [3.05, 3.63) is 17.2 Å². The Morgan fingerprint density at radius 1 is 1.35 bits per heavy atom. The molecule has 2 aliphatic rings. The van der Waals surface area contributed by atoms with Crippen LogP contribution in [0.2, 0.25) is 0 Å². The number of aromatic nitrogens is 2. The Labute approximate surface area is 103 Å². The molecule has 3 nitrogen and oxygen atoms in total. The van der Waals surface area contributed by atoms with Gasteiger partial charge in [-0.05, 0) is 32.1 Å². The van der Waals surface area contributed by atoms with E-state index in [2.05, 4.69) is 18.4 Å². The van der Waals surface area contributed by atoms with Gasteiger partial charge in [0, 0.05) is 30.1 Å². The van der Waals surface area contributed by atoms with Gasteiger partial charge in [0.1, 0.15) is 5.82 Å². The highest BCUT2D eigenvalue weighted by molar-refractivity contribution is 5.29. The third kappa shape index (κ3) is 1.81. The monoisotopic (exact) mass is 233 g/mol. The van der Waals surface area contributed by atoms with E-state index in [1.54, 1.807) is 0 Å². The molecule has 2 N–H and O–H groups in total. The van der Waals surface area contributed by atoms with Crippen molar-refractivity contribution in [1.82, 2.24) is 9.55 Å². The fourth-order valence-electron chi connectivity index (χ4n) is 2.86. The summed E-state index contributed by atoms with van der Waals surface area (Å²) in [5, 5.41) is 0. The lowest BCUT2D eigenvalue weighted by Crippen LogP contribution is -2.30. The van der Waals surface area contributed by atoms with Crippen LogP contribution >= 0.6 is 0 Å². The Hall–Kier alpha value is -0.830. The van der Waals surface area contributed by atoms with E-state index >= 15 is 0 Å². The molecule has 0 saturated heterocycles. The van der Waals surface area contributed by atoms with Crippen LogP contribution in [0.15, 0.2) is 0 Å². The van der Waals surface area contributed by atoms with Crippen molar-refractivity contribution in [1.29, 1.82) is 0 Å². The van der Waals surface area contributed by atoms with Gasteiger partial charge in [0.05, 0.1) is 5.69 Å². The van der Waals surface area contributed by atoms with Gasteiger partial charge in [-0.3, -0.25) is 0 Å². The maximum atomic E-state index is 5.92. The van der Waals surface area contributed by atoms with Crippen molar-refractivity contribution in [2.45, 2.75) is 63.8 Å². The van der Waals surface area contributed by atoms with Crippen molar-refractivity contribution in [2.75, 3.05) is 6.54 Å². The van der Waals surface area contributed by atoms with E-state index in [9.17, 15) is 0 Å². The quantitative estimate of drug-likeness (QED) is 0.870. The minimum atomic E-state index is 0.0293. The first-order valence-corrected chi connectivity index (χ1v) is 6.93. The Morgan fingerprint density at radius 3 is 2.76 bits per heavy atom. The molecule has 0 spiro atoms. The lowest BCUT2D eigenvalue weighted by Gasteiger charge is -2.24. The average molecular weight is 233 g/mol. The summed E-state index contributed by atoms with van der Waals surface area (Å²) in [5.41, 5.74) is 8.71. The molecule has 3 heteroatoms. The summed E-state index contributed by atoms with van der Waals surface area (Å²) in [4.78, 5) is 4.98. The van der Waals surface area contributed by atoms with E-state index in [1.165, 1.54) is 55.9 Å². The maximum Gasteiger partial charge on any atom is 0.112 e. The van der Waals surface area contributed by atoms with Crippen LogP contribution in [-0.4, -0.2) is 16.1 Å². The van der Waals surface area contributed by atoms with E-state index in [1.807, 2.05) is 0 Å².